The van der Waals surface area contributed by atoms with Gasteiger partial charge in [0, 0.05) is 24.2 Å². The number of fused-ring (bicyclic) bond motifs is 1. The molecular weight excluding hydrogens is 452 g/mol. The Bertz CT molecular complexity index is 1350. The van der Waals surface area contributed by atoms with E-state index in [1.54, 1.807) is 30.1 Å². The number of carboxylic acid groups (broad SMARTS) is 1. The van der Waals surface area contributed by atoms with Crippen molar-refractivity contribution < 1.29 is 19.4 Å². The zero-order chi connectivity index (χ0) is 24.1. The molecule has 2 aromatic carbocycles. The highest BCUT2D eigenvalue weighted by Crippen LogP contribution is 2.25. The molecule has 1 aromatic heterocycles. The van der Waals surface area contributed by atoms with E-state index in [1.807, 2.05) is 60.8 Å². The van der Waals surface area contributed by atoms with Crippen LogP contribution in [0.3, 0.4) is 0 Å². The van der Waals surface area contributed by atoms with Crippen LogP contribution in [-0.4, -0.2) is 46.7 Å². The molecular formula is C25H24N4O4S. The van der Waals surface area contributed by atoms with E-state index in [0.29, 0.717) is 6.54 Å². The third-order valence-corrected chi connectivity index (χ3v) is 6.04. The van der Waals surface area contributed by atoms with E-state index in [2.05, 4.69) is 9.80 Å². The van der Waals surface area contributed by atoms with Gasteiger partial charge < -0.3 is 9.84 Å². The van der Waals surface area contributed by atoms with Gasteiger partial charge >= 0.3 is 12.0 Å². The number of carboxylic acids is 1. The van der Waals surface area contributed by atoms with E-state index in [1.165, 1.54) is 17.6 Å². The third-order valence-electron chi connectivity index (χ3n) is 5.23. The summed E-state index contributed by atoms with van der Waals surface area (Å²) in [7, 11) is 1.72. The van der Waals surface area contributed by atoms with E-state index in [4.69, 9.17) is 4.74 Å². The van der Waals surface area contributed by atoms with Gasteiger partial charge in [-0.2, -0.15) is 4.37 Å². The van der Waals surface area contributed by atoms with Crippen molar-refractivity contribution in [3.8, 4) is 11.1 Å². The predicted molar refractivity (Wildman–Crippen MR) is 133 cm³/mol. The summed E-state index contributed by atoms with van der Waals surface area (Å²) < 4.78 is 10.4. The molecule has 174 valence electrons. The summed E-state index contributed by atoms with van der Waals surface area (Å²) in [6.45, 7) is 2.59. The number of benzene rings is 2. The first-order valence-electron chi connectivity index (χ1n) is 10.7. The van der Waals surface area contributed by atoms with Gasteiger partial charge in [0.05, 0.1) is 23.9 Å². The summed E-state index contributed by atoms with van der Waals surface area (Å²) >= 11 is 1.43. The van der Waals surface area contributed by atoms with E-state index >= 15 is 0 Å². The van der Waals surface area contributed by atoms with Crippen molar-refractivity contribution in [2.24, 2.45) is 0 Å². The van der Waals surface area contributed by atoms with Crippen LogP contribution in [0.1, 0.15) is 12.5 Å². The van der Waals surface area contributed by atoms with Crippen molar-refractivity contribution in [1.82, 2.24) is 14.8 Å². The number of hydrogen-bond acceptors (Lipinski definition) is 6. The Morgan fingerprint density at radius 1 is 1.24 bits per heavy atom. The second-order valence-electron chi connectivity index (χ2n) is 7.53. The summed E-state index contributed by atoms with van der Waals surface area (Å²) in [6, 6.07) is 14.9. The largest absolute Gasteiger partial charge is 0.487 e. The number of nitrogens with one attached hydrogen (secondary N) is 1. The molecule has 3 aromatic rings. The first-order chi connectivity index (χ1) is 16.4. The highest BCUT2D eigenvalue weighted by molar-refractivity contribution is 7.03. The number of amides is 2. The van der Waals surface area contributed by atoms with Gasteiger partial charge in [-0.15, -0.1) is 0 Å². The number of aliphatic carboxylic acids is 1. The number of hydrogen-bond donors (Lipinski definition) is 2. The quantitative estimate of drug-likeness (QED) is 0.402. The Kier molecular flexibility index (Phi) is 6.93. The Morgan fingerprint density at radius 3 is 2.76 bits per heavy atom. The predicted octanol–water partition coefficient (Wildman–Crippen LogP) is 2.87. The van der Waals surface area contributed by atoms with Crippen LogP contribution in [0.5, 0.6) is 0 Å². The van der Waals surface area contributed by atoms with Crippen LogP contribution in [0.25, 0.3) is 29.5 Å². The monoisotopic (exact) mass is 476 g/mol. The number of rotatable bonds is 7. The van der Waals surface area contributed by atoms with Crippen LogP contribution in [0.4, 0.5) is 10.5 Å². The van der Waals surface area contributed by atoms with E-state index in [0.717, 1.165) is 32.1 Å². The molecule has 0 spiro atoms. The molecule has 0 bridgehead atoms. The summed E-state index contributed by atoms with van der Waals surface area (Å²) in [5, 5.41) is 11.9. The minimum absolute atomic E-state index is 0.0973. The molecule has 2 N–H and O–H groups in total. The number of anilines is 1. The zero-order valence-corrected chi connectivity index (χ0v) is 19.6. The molecule has 34 heavy (non-hydrogen) atoms. The highest BCUT2D eigenvalue weighted by atomic mass is 32.1. The van der Waals surface area contributed by atoms with Gasteiger partial charge in [-0.25, -0.2) is 15.0 Å². The van der Waals surface area contributed by atoms with Crippen molar-refractivity contribution in [2.75, 3.05) is 25.1 Å². The number of nitrogens with zero attached hydrogens (tertiary/aromatic N) is 3. The third kappa shape index (κ3) is 5.26. The summed E-state index contributed by atoms with van der Waals surface area (Å²) in [6.07, 6.45) is 7.18. The van der Waals surface area contributed by atoms with Crippen LogP contribution in [0.15, 0.2) is 60.5 Å². The normalized spacial score (nSPS) is 12.8. The van der Waals surface area contributed by atoms with Crippen LogP contribution >= 0.6 is 11.5 Å². The zero-order valence-electron chi connectivity index (χ0n) is 18.8. The molecule has 0 unspecified atom stereocenters. The molecule has 0 atom stereocenters. The van der Waals surface area contributed by atoms with Gasteiger partial charge in [0.1, 0.15) is 0 Å². The lowest BCUT2D eigenvalue weighted by atomic mass is 10.0. The van der Waals surface area contributed by atoms with Crippen molar-refractivity contribution in [2.45, 2.75) is 6.92 Å². The van der Waals surface area contributed by atoms with Gasteiger partial charge in [-0.1, -0.05) is 36.4 Å². The summed E-state index contributed by atoms with van der Waals surface area (Å²) in [4.78, 5) is 25.6. The second-order valence-corrected chi connectivity index (χ2v) is 8.36. The fraction of sp³-hybridized carbons (Fsp3) is 0.160. The Balaban J connectivity index is 1.47. The van der Waals surface area contributed by atoms with Gasteiger partial charge in [0.25, 0.3) is 0 Å². The fourth-order valence-corrected chi connectivity index (χ4v) is 4.08. The van der Waals surface area contributed by atoms with Crippen molar-refractivity contribution in [3.63, 3.8) is 0 Å². The Morgan fingerprint density at radius 2 is 2.03 bits per heavy atom. The summed E-state index contributed by atoms with van der Waals surface area (Å²) in [5.41, 5.74) is 6.23. The molecule has 2 heterocycles. The standard InChI is InChI=1S/C25H24N4O4S/c1-3-33-22(24(30)31)13-17-7-9-18(10-8-17)19-5-4-6-21(14-19)28(2)25(32)27-29-12-11-23-20(16-29)15-26-34-23/h4-11,13-16H,3,12H2,1-2H3,(H,27,32)(H,30,31)/b22-13-. The minimum Gasteiger partial charge on any atom is -0.487 e. The molecule has 0 fully saturated rings. The number of carbonyl (C=O) groups excluding carboxylic acids is 1. The average Bonchev–Trinajstić information content (AvgIpc) is 3.31. The SMILES string of the molecule is CCO/C(=C\c1ccc(-c2cccc(N(C)C(=O)NN3C=c4cnsc4=CC3)c2)cc1)C(=O)O. The second kappa shape index (κ2) is 10.2. The number of hydrazine groups is 1. The van der Waals surface area contributed by atoms with E-state index in [9.17, 15) is 14.7 Å². The molecule has 1 aliphatic rings. The van der Waals surface area contributed by atoms with E-state index < -0.39 is 5.97 Å². The van der Waals surface area contributed by atoms with Crippen LogP contribution in [-0.2, 0) is 9.53 Å². The number of aromatic nitrogens is 1. The first-order valence-corrected chi connectivity index (χ1v) is 11.4. The maximum Gasteiger partial charge on any atom is 0.371 e. The smallest absolute Gasteiger partial charge is 0.371 e. The maximum atomic E-state index is 12.8. The van der Waals surface area contributed by atoms with Gasteiger partial charge in [0.2, 0.25) is 5.76 Å². The van der Waals surface area contributed by atoms with Gasteiger partial charge in [-0.3, -0.25) is 9.91 Å². The van der Waals surface area contributed by atoms with Crippen LogP contribution < -0.4 is 20.1 Å². The topological polar surface area (TPSA) is 95.0 Å². The molecule has 0 saturated carbocycles. The molecule has 8 nitrogen and oxygen atoms in total. The lowest BCUT2D eigenvalue weighted by molar-refractivity contribution is -0.136. The Hall–Kier alpha value is -4.11. The fourth-order valence-electron chi connectivity index (χ4n) is 3.44. The molecule has 2 amide bonds. The molecule has 0 radical (unpaired) electrons. The van der Waals surface area contributed by atoms with Crippen LogP contribution in [0, 0.1) is 0 Å². The maximum absolute atomic E-state index is 12.8. The minimum atomic E-state index is -1.10. The van der Waals surface area contributed by atoms with Crippen molar-refractivity contribution in [1.29, 1.82) is 0 Å². The number of ether oxygens (including phenoxy) is 1. The van der Waals surface area contributed by atoms with Crippen molar-refractivity contribution >= 4 is 47.6 Å². The van der Waals surface area contributed by atoms with Gasteiger partial charge in [-0.05, 0) is 59.4 Å². The highest BCUT2D eigenvalue weighted by Gasteiger charge is 2.15. The van der Waals surface area contributed by atoms with Crippen LogP contribution in [0.2, 0.25) is 0 Å². The van der Waals surface area contributed by atoms with E-state index in [-0.39, 0.29) is 18.4 Å². The molecule has 0 saturated heterocycles. The van der Waals surface area contributed by atoms with Gasteiger partial charge in [0.15, 0.2) is 0 Å². The summed E-state index contributed by atoms with van der Waals surface area (Å²) in [5.74, 6) is -1.20. The molecule has 0 aliphatic carbocycles. The Labute approximate surface area is 200 Å². The average molecular weight is 477 g/mol. The molecule has 9 heteroatoms. The van der Waals surface area contributed by atoms with Crippen molar-refractivity contribution in [3.05, 3.63) is 75.8 Å². The molecule has 1 aliphatic heterocycles. The first kappa shape index (κ1) is 23.1. The number of carbonyl (C=O) groups is 2. The lowest BCUT2D eigenvalue weighted by Crippen LogP contribution is -2.48. The lowest BCUT2D eigenvalue weighted by Gasteiger charge is -2.25. The number of urea groups is 1. The molecule has 4 rings (SSSR count).